The monoisotopic (exact) mass is 521 g/mol. The van der Waals surface area contributed by atoms with E-state index < -0.39 is 0 Å². The second kappa shape index (κ2) is 9.33. The van der Waals surface area contributed by atoms with E-state index in [9.17, 15) is 0 Å². The van der Waals surface area contributed by atoms with Crippen LogP contribution >= 0.6 is 11.3 Å². The van der Waals surface area contributed by atoms with Gasteiger partial charge in [-0.3, -0.25) is 4.57 Å². The third-order valence-corrected chi connectivity index (χ3v) is 8.63. The lowest BCUT2D eigenvalue weighted by Crippen LogP contribution is -2.05. The summed E-state index contributed by atoms with van der Waals surface area (Å²) >= 11 is 1.86. The van der Waals surface area contributed by atoms with E-state index in [1.54, 1.807) is 0 Å². The Morgan fingerprint density at radius 1 is 0.564 bits per heavy atom. The summed E-state index contributed by atoms with van der Waals surface area (Å²) < 4.78 is 4.87. The summed E-state index contributed by atoms with van der Waals surface area (Å²) in [6, 6.07) is 38.8. The van der Waals surface area contributed by atoms with Crippen LogP contribution in [0.25, 0.3) is 59.8 Å². The molecule has 0 amide bonds. The second-order valence-corrected chi connectivity index (χ2v) is 11.2. The fourth-order valence-corrected chi connectivity index (χ4v) is 6.99. The number of aromatic nitrogens is 3. The number of fused-ring (bicyclic) bond motifs is 3. The van der Waals surface area contributed by atoms with Gasteiger partial charge in [-0.15, -0.1) is 21.5 Å². The summed E-state index contributed by atoms with van der Waals surface area (Å²) in [7, 11) is 0. The van der Waals surface area contributed by atoms with Crippen molar-refractivity contribution in [2.24, 2.45) is 0 Å². The fourth-order valence-electron chi connectivity index (χ4n) is 5.76. The van der Waals surface area contributed by atoms with Crippen LogP contribution in [0.4, 0.5) is 0 Å². The van der Waals surface area contributed by atoms with Crippen LogP contribution in [0.3, 0.4) is 0 Å². The Morgan fingerprint density at radius 2 is 1.15 bits per heavy atom. The predicted octanol–water partition coefficient (Wildman–Crippen LogP) is 9.56. The number of hydrogen-bond acceptors (Lipinski definition) is 3. The molecule has 0 spiro atoms. The Bertz CT molecular complexity index is 1960. The number of hydrogen-bond donors (Lipinski definition) is 0. The molecule has 5 aromatic carbocycles. The third-order valence-electron chi connectivity index (χ3n) is 7.41. The van der Waals surface area contributed by atoms with Crippen molar-refractivity contribution in [1.82, 2.24) is 14.8 Å². The maximum atomic E-state index is 4.74. The molecule has 0 saturated heterocycles. The Kier molecular flexibility index (Phi) is 5.64. The van der Waals surface area contributed by atoms with Gasteiger partial charge in [-0.05, 0) is 49.1 Å². The molecule has 0 unspecified atom stereocenters. The first-order valence-electron chi connectivity index (χ1n) is 13.2. The standard InChI is InChI=1S/C35H27N3S/c1-22-20-23(2)32(24(3)21-22)38-34(26-10-5-4-6-11-26)36-37-35(38)27-18-16-25(17-19-27)28-13-9-14-30-29-12-7-8-15-31(29)39-33(28)30/h4-21H,1-3H3. The normalized spacial score (nSPS) is 11.5. The number of rotatable bonds is 4. The van der Waals surface area contributed by atoms with Crippen molar-refractivity contribution in [3.63, 3.8) is 0 Å². The summed E-state index contributed by atoms with van der Waals surface area (Å²) in [5.41, 5.74) is 9.35. The van der Waals surface area contributed by atoms with E-state index in [1.807, 2.05) is 29.5 Å². The molecule has 0 radical (unpaired) electrons. The van der Waals surface area contributed by atoms with Gasteiger partial charge in [0.15, 0.2) is 11.6 Å². The van der Waals surface area contributed by atoms with Crippen molar-refractivity contribution in [3.8, 4) is 39.6 Å². The Balaban J connectivity index is 1.38. The van der Waals surface area contributed by atoms with Crippen LogP contribution in [0.15, 0.2) is 109 Å². The van der Waals surface area contributed by atoms with Crippen LogP contribution in [0, 0.1) is 20.8 Å². The SMILES string of the molecule is Cc1cc(C)c(-n2c(-c3ccccc3)nnc2-c2ccc(-c3cccc4c3sc3ccccc34)cc2)c(C)c1. The first kappa shape index (κ1) is 23.6. The average molecular weight is 522 g/mol. The van der Waals surface area contributed by atoms with Crippen molar-refractivity contribution in [1.29, 1.82) is 0 Å². The van der Waals surface area contributed by atoms with Gasteiger partial charge in [-0.2, -0.15) is 0 Å². The van der Waals surface area contributed by atoms with E-state index in [1.165, 1.54) is 48.0 Å². The van der Waals surface area contributed by atoms with E-state index in [4.69, 9.17) is 10.2 Å². The molecule has 0 aliphatic heterocycles. The molecule has 0 atom stereocenters. The molecule has 0 aliphatic rings. The summed E-state index contributed by atoms with van der Waals surface area (Å²) in [5.74, 6) is 1.69. The van der Waals surface area contributed by atoms with E-state index in [0.29, 0.717) is 0 Å². The third kappa shape index (κ3) is 3.96. The van der Waals surface area contributed by atoms with Gasteiger partial charge in [0, 0.05) is 31.3 Å². The van der Waals surface area contributed by atoms with Gasteiger partial charge in [-0.1, -0.05) is 109 Å². The number of aryl methyl sites for hydroxylation is 3. The highest BCUT2D eigenvalue weighted by molar-refractivity contribution is 7.26. The van der Waals surface area contributed by atoms with E-state index in [-0.39, 0.29) is 0 Å². The minimum Gasteiger partial charge on any atom is -0.274 e. The molecule has 0 N–H and O–H groups in total. The highest BCUT2D eigenvalue weighted by atomic mass is 32.1. The molecule has 39 heavy (non-hydrogen) atoms. The Hall–Kier alpha value is -4.54. The quantitative estimate of drug-likeness (QED) is 0.231. The lowest BCUT2D eigenvalue weighted by Gasteiger charge is -2.17. The smallest absolute Gasteiger partial charge is 0.168 e. The molecule has 0 saturated carbocycles. The van der Waals surface area contributed by atoms with Crippen LogP contribution in [-0.2, 0) is 0 Å². The Labute approximate surface area is 232 Å². The van der Waals surface area contributed by atoms with Crippen molar-refractivity contribution in [2.75, 3.05) is 0 Å². The fraction of sp³-hybridized carbons (Fsp3) is 0.0857. The molecule has 2 aromatic heterocycles. The van der Waals surface area contributed by atoms with Gasteiger partial charge in [-0.25, -0.2) is 0 Å². The van der Waals surface area contributed by atoms with Crippen LogP contribution < -0.4 is 0 Å². The molecule has 0 aliphatic carbocycles. The summed E-state index contributed by atoms with van der Waals surface area (Å²) in [6.07, 6.45) is 0. The van der Waals surface area contributed by atoms with Crippen molar-refractivity contribution in [3.05, 3.63) is 126 Å². The molecule has 2 heterocycles. The molecule has 4 heteroatoms. The van der Waals surface area contributed by atoms with Gasteiger partial charge < -0.3 is 0 Å². The van der Waals surface area contributed by atoms with Gasteiger partial charge in [0.2, 0.25) is 0 Å². The zero-order valence-corrected chi connectivity index (χ0v) is 23.0. The maximum absolute atomic E-state index is 4.74. The van der Waals surface area contributed by atoms with Gasteiger partial charge in [0.1, 0.15) is 0 Å². The molecule has 7 aromatic rings. The average Bonchev–Trinajstić information content (AvgIpc) is 3.55. The zero-order valence-electron chi connectivity index (χ0n) is 22.1. The molecule has 3 nitrogen and oxygen atoms in total. The minimum absolute atomic E-state index is 0.843. The summed E-state index contributed by atoms with van der Waals surface area (Å²) in [6.45, 7) is 6.48. The molecule has 188 valence electrons. The minimum atomic E-state index is 0.843. The van der Waals surface area contributed by atoms with E-state index >= 15 is 0 Å². The predicted molar refractivity (Wildman–Crippen MR) is 165 cm³/mol. The Morgan fingerprint density at radius 3 is 1.87 bits per heavy atom. The van der Waals surface area contributed by atoms with Crippen molar-refractivity contribution >= 4 is 31.5 Å². The number of nitrogens with zero attached hydrogens (tertiary/aromatic N) is 3. The summed E-state index contributed by atoms with van der Waals surface area (Å²) in [4.78, 5) is 0. The molecule has 0 bridgehead atoms. The van der Waals surface area contributed by atoms with Gasteiger partial charge in [0.05, 0.1) is 5.69 Å². The summed E-state index contributed by atoms with van der Waals surface area (Å²) in [5, 5.41) is 12.1. The topological polar surface area (TPSA) is 30.7 Å². The van der Waals surface area contributed by atoms with E-state index in [2.05, 4.69) is 116 Å². The van der Waals surface area contributed by atoms with Crippen LogP contribution in [0.5, 0.6) is 0 Å². The highest BCUT2D eigenvalue weighted by Gasteiger charge is 2.20. The van der Waals surface area contributed by atoms with Crippen LogP contribution in [0.1, 0.15) is 16.7 Å². The van der Waals surface area contributed by atoms with Crippen molar-refractivity contribution < 1.29 is 0 Å². The molecule has 7 rings (SSSR count). The van der Waals surface area contributed by atoms with Gasteiger partial charge >= 0.3 is 0 Å². The highest BCUT2D eigenvalue weighted by Crippen LogP contribution is 2.40. The lowest BCUT2D eigenvalue weighted by molar-refractivity contribution is 1.03. The first-order chi connectivity index (χ1) is 19.1. The first-order valence-corrected chi connectivity index (χ1v) is 14.0. The number of benzene rings is 5. The molecule has 0 fully saturated rings. The number of thiophene rings is 1. The van der Waals surface area contributed by atoms with Gasteiger partial charge in [0.25, 0.3) is 0 Å². The second-order valence-electron chi connectivity index (χ2n) is 10.2. The molecular formula is C35H27N3S. The molecular weight excluding hydrogens is 494 g/mol. The van der Waals surface area contributed by atoms with Crippen LogP contribution in [-0.4, -0.2) is 14.8 Å². The lowest BCUT2D eigenvalue weighted by atomic mass is 10.0. The van der Waals surface area contributed by atoms with Crippen molar-refractivity contribution in [2.45, 2.75) is 20.8 Å². The largest absolute Gasteiger partial charge is 0.274 e. The maximum Gasteiger partial charge on any atom is 0.168 e. The van der Waals surface area contributed by atoms with Crippen LogP contribution in [0.2, 0.25) is 0 Å². The van der Waals surface area contributed by atoms with E-state index in [0.717, 1.165) is 28.5 Å². The zero-order chi connectivity index (χ0) is 26.5.